The minimum absolute atomic E-state index is 0.954. The number of hydrogen-bond donors (Lipinski definition) is 1. The van der Waals surface area contributed by atoms with E-state index in [1.54, 1.807) is 0 Å². The third kappa shape index (κ3) is 2.64. The summed E-state index contributed by atoms with van der Waals surface area (Å²) in [6, 6.07) is 13.2. The largest absolute Gasteiger partial charge is 0.346 e. The van der Waals surface area contributed by atoms with Gasteiger partial charge >= 0.3 is 0 Å². The van der Waals surface area contributed by atoms with Gasteiger partial charge in [-0.15, -0.1) is 0 Å². The van der Waals surface area contributed by atoms with Crippen LogP contribution in [0.15, 0.2) is 48.8 Å². The normalized spacial score (nSPS) is 16.2. The van der Waals surface area contributed by atoms with Crippen molar-refractivity contribution in [2.45, 2.75) is 25.8 Å². The minimum Gasteiger partial charge on any atom is -0.346 e. The van der Waals surface area contributed by atoms with Crippen molar-refractivity contribution in [1.29, 1.82) is 0 Å². The number of aromatic nitrogens is 2. The lowest BCUT2D eigenvalue weighted by molar-refractivity contribution is 0.221. The summed E-state index contributed by atoms with van der Waals surface area (Å²) in [5, 5.41) is 1.19. The quantitative estimate of drug-likeness (QED) is 0.783. The lowest BCUT2D eigenvalue weighted by Gasteiger charge is -2.26. The summed E-state index contributed by atoms with van der Waals surface area (Å²) in [6.07, 6.45) is 7.91. The van der Waals surface area contributed by atoms with E-state index in [1.807, 2.05) is 12.4 Å². The number of likely N-dealkylation sites (tertiary alicyclic amines) is 1. The fourth-order valence-electron chi connectivity index (χ4n) is 3.38. The molecule has 1 saturated heterocycles. The van der Waals surface area contributed by atoms with Crippen LogP contribution in [0.1, 0.15) is 24.8 Å². The molecule has 0 atom stereocenters. The van der Waals surface area contributed by atoms with Gasteiger partial charge in [-0.25, -0.2) is 4.98 Å². The van der Waals surface area contributed by atoms with E-state index in [9.17, 15) is 0 Å². The number of benzene rings is 1. The van der Waals surface area contributed by atoms with Crippen molar-refractivity contribution in [1.82, 2.24) is 14.9 Å². The van der Waals surface area contributed by atoms with E-state index >= 15 is 0 Å². The second-order valence-corrected chi connectivity index (χ2v) is 6.13. The van der Waals surface area contributed by atoms with Gasteiger partial charge in [0.25, 0.3) is 0 Å². The minimum atomic E-state index is 0.954. The van der Waals surface area contributed by atoms with Crippen LogP contribution in [0.2, 0.25) is 0 Å². The van der Waals surface area contributed by atoms with Crippen LogP contribution < -0.4 is 0 Å². The average molecular weight is 291 g/mol. The van der Waals surface area contributed by atoms with E-state index in [0.717, 1.165) is 12.2 Å². The van der Waals surface area contributed by atoms with Crippen LogP contribution in [0.3, 0.4) is 0 Å². The van der Waals surface area contributed by atoms with E-state index in [1.165, 1.54) is 54.4 Å². The zero-order valence-corrected chi connectivity index (χ0v) is 12.8. The summed E-state index contributed by atoms with van der Waals surface area (Å²) >= 11 is 0. The predicted octanol–water partition coefficient (Wildman–Crippen LogP) is 4.22. The second-order valence-electron chi connectivity index (χ2n) is 6.13. The molecule has 3 heteroatoms. The van der Waals surface area contributed by atoms with Crippen LogP contribution in [0.5, 0.6) is 0 Å². The van der Waals surface area contributed by atoms with E-state index in [0.29, 0.717) is 0 Å². The lowest BCUT2D eigenvalue weighted by atomic mass is 10.0. The molecule has 1 aliphatic heterocycles. The van der Waals surface area contributed by atoms with Gasteiger partial charge in [-0.2, -0.15) is 0 Å². The lowest BCUT2D eigenvalue weighted by Crippen LogP contribution is -2.28. The van der Waals surface area contributed by atoms with Gasteiger partial charge in [0.1, 0.15) is 5.65 Å². The first-order chi connectivity index (χ1) is 10.9. The summed E-state index contributed by atoms with van der Waals surface area (Å²) in [6.45, 7) is 3.57. The summed E-state index contributed by atoms with van der Waals surface area (Å²) in [5.74, 6) is 0. The maximum absolute atomic E-state index is 4.36. The summed E-state index contributed by atoms with van der Waals surface area (Å²) in [7, 11) is 0. The molecule has 112 valence electrons. The van der Waals surface area contributed by atoms with Crippen LogP contribution in [-0.2, 0) is 6.54 Å². The van der Waals surface area contributed by atoms with Crippen molar-refractivity contribution in [3.63, 3.8) is 0 Å². The molecule has 4 rings (SSSR count). The van der Waals surface area contributed by atoms with E-state index in [2.05, 4.69) is 51.3 Å². The fraction of sp³-hybridized carbons (Fsp3) is 0.316. The number of fused-ring (bicyclic) bond motifs is 1. The number of H-pyrrole nitrogens is 1. The smallest absolute Gasteiger partial charge is 0.137 e. The molecule has 1 N–H and O–H groups in total. The number of hydrogen-bond acceptors (Lipinski definition) is 2. The van der Waals surface area contributed by atoms with E-state index in [4.69, 9.17) is 0 Å². The van der Waals surface area contributed by atoms with Gasteiger partial charge < -0.3 is 4.98 Å². The van der Waals surface area contributed by atoms with Crippen LogP contribution in [0.4, 0.5) is 0 Å². The number of piperidine rings is 1. The molecule has 1 aliphatic rings. The molecule has 3 heterocycles. The maximum Gasteiger partial charge on any atom is 0.137 e. The molecule has 0 amide bonds. The first-order valence-electron chi connectivity index (χ1n) is 8.14. The molecule has 22 heavy (non-hydrogen) atoms. The Bertz CT molecular complexity index is 752. The van der Waals surface area contributed by atoms with Gasteiger partial charge in [-0.1, -0.05) is 30.7 Å². The summed E-state index contributed by atoms with van der Waals surface area (Å²) in [4.78, 5) is 10.1. The Hall–Kier alpha value is -2.13. The van der Waals surface area contributed by atoms with Crippen molar-refractivity contribution >= 4 is 11.0 Å². The monoisotopic (exact) mass is 291 g/mol. The third-order valence-electron chi connectivity index (χ3n) is 4.58. The fourth-order valence-corrected chi connectivity index (χ4v) is 3.38. The molecule has 0 spiro atoms. The average Bonchev–Trinajstić information content (AvgIpc) is 3.05. The highest BCUT2D eigenvalue weighted by atomic mass is 15.1. The number of aromatic amines is 1. The zero-order chi connectivity index (χ0) is 14.8. The molecular formula is C19H21N3. The molecule has 3 nitrogen and oxygen atoms in total. The molecule has 0 radical (unpaired) electrons. The van der Waals surface area contributed by atoms with Crippen molar-refractivity contribution in [3.8, 4) is 11.1 Å². The molecular weight excluding hydrogens is 270 g/mol. The Kier molecular flexibility index (Phi) is 3.65. The Labute approximate surface area is 131 Å². The molecule has 0 unspecified atom stereocenters. The molecule has 1 fully saturated rings. The SMILES string of the molecule is c1cc(-c2ccc(CN3CCCCC3)cc2)c2cc[nH]c2n1. The summed E-state index contributed by atoms with van der Waals surface area (Å²) < 4.78 is 0. The molecule has 1 aromatic carbocycles. The first kappa shape index (κ1) is 13.5. The third-order valence-corrected chi connectivity index (χ3v) is 4.58. The molecule has 0 aliphatic carbocycles. The van der Waals surface area contributed by atoms with Crippen molar-refractivity contribution < 1.29 is 0 Å². The highest BCUT2D eigenvalue weighted by Crippen LogP contribution is 2.27. The number of pyridine rings is 1. The Balaban J connectivity index is 1.57. The summed E-state index contributed by atoms with van der Waals surface area (Å²) in [5.41, 5.74) is 4.87. The Morgan fingerprint density at radius 2 is 1.77 bits per heavy atom. The van der Waals surface area contributed by atoms with Gasteiger partial charge in [0.15, 0.2) is 0 Å². The van der Waals surface area contributed by atoms with Crippen LogP contribution in [0, 0.1) is 0 Å². The van der Waals surface area contributed by atoms with E-state index < -0.39 is 0 Å². The Morgan fingerprint density at radius 3 is 2.59 bits per heavy atom. The molecule has 0 saturated carbocycles. The highest BCUT2D eigenvalue weighted by Gasteiger charge is 2.11. The highest BCUT2D eigenvalue weighted by molar-refractivity contribution is 5.92. The van der Waals surface area contributed by atoms with Gasteiger partial charge in [-0.05, 0) is 54.8 Å². The van der Waals surface area contributed by atoms with Crippen molar-refractivity contribution in [2.75, 3.05) is 13.1 Å². The molecule has 0 bridgehead atoms. The van der Waals surface area contributed by atoms with Crippen LogP contribution in [-0.4, -0.2) is 28.0 Å². The zero-order valence-electron chi connectivity index (χ0n) is 12.8. The van der Waals surface area contributed by atoms with Gasteiger partial charge in [0.2, 0.25) is 0 Å². The molecule has 2 aromatic heterocycles. The maximum atomic E-state index is 4.36. The topological polar surface area (TPSA) is 31.9 Å². The molecule has 3 aromatic rings. The number of nitrogens with one attached hydrogen (secondary N) is 1. The van der Waals surface area contributed by atoms with Gasteiger partial charge in [0.05, 0.1) is 0 Å². The predicted molar refractivity (Wildman–Crippen MR) is 90.7 cm³/mol. The number of nitrogens with zero attached hydrogens (tertiary/aromatic N) is 2. The van der Waals surface area contributed by atoms with Crippen LogP contribution >= 0.6 is 0 Å². The van der Waals surface area contributed by atoms with Crippen molar-refractivity contribution in [2.24, 2.45) is 0 Å². The number of rotatable bonds is 3. The second kappa shape index (κ2) is 5.93. The van der Waals surface area contributed by atoms with Gasteiger partial charge in [0, 0.05) is 24.3 Å². The first-order valence-corrected chi connectivity index (χ1v) is 8.14. The van der Waals surface area contributed by atoms with Crippen molar-refractivity contribution in [3.05, 3.63) is 54.4 Å². The standard InChI is InChI=1S/C19H21N3/c1-2-12-22(13-3-1)14-15-4-6-16(7-5-15)17-8-10-20-19-18(17)9-11-21-19/h4-11H,1-3,12-14H2,(H,20,21). The Morgan fingerprint density at radius 1 is 0.955 bits per heavy atom. The van der Waals surface area contributed by atoms with E-state index in [-0.39, 0.29) is 0 Å². The van der Waals surface area contributed by atoms with Gasteiger partial charge in [-0.3, -0.25) is 4.90 Å². The van der Waals surface area contributed by atoms with Crippen LogP contribution in [0.25, 0.3) is 22.2 Å².